The van der Waals surface area contributed by atoms with Gasteiger partial charge in [0.05, 0.1) is 11.3 Å². The molecule has 0 aromatic heterocycles. The summed E-state index contributed by atoms with van der Waals surface area (Å²) in [7, 11) is 1.38. The van der Waals surface area contributed by atoms with E-state index in [1.165, 1.54) is 20.9 Å². The minimum Gasteiger partial charge on any atom is -0.481 e. The second kappa shape index (κ2) is 3.08. The van der Waals surface area contributed by atoms with Gasteiger partial charge in [-0.25, -0.2) is 0 Å². The van der Waals surface area contributed by atoms with Crippen molar-refractivity contribution in [1.82, 2.24) is 4.90 Å². The number of carboxylic acids is 1. The first-order valence-corrected chi connectivity index (χ1v) is 4.32. The molecular weight excluding hydrogens is 186 g/mol. The molecule has 0 aromatic rings. The Labute approximate surface area is 81.7 Å². The zero-order valence-corrected chi connectivity index (χ0v) is 8.40. The maximum Gasteiger partial charge on any atom is 0.309 e. The molecule has 5 nitrogen and oxygen atoms in total. The van der Waals surface area contributed by atoms with Gasteiger partial charge < -0.3 is 5.11 Å². The fraction of sp³-hybridized carbons (Fsp3) is 0.667. The van der Waals surface area contributed by atoms with Crippen LogP contribution in [0.25, 0.3) is 0 Å². The van der Waals surface area contributed by atoms with Crippen molar-refractivity contribution in [2.24, 2.45) is 11.3 Å². The largest absolute Gasteiger partial charge is 0.481 e. The van der Waals surface area contributed by atoms with Crippen molar-refractivity contribution in [1.29, 1.82) is 0 Å². The molecule has 1 aliphatic heterocycles. The Hall–Kier alpha value is -1.39. The van der Waals surface area contributed by atoms with Crippen LogP contribution in [0, 0.1) is 11.3 Å². The van der Waals surface area contributed by atoms with Gasteiger partial charge >= 0.3 is 5.97 Å². The number of carboxylic acid groups (broad SMARTS) is 1. The average molecular weight is 199 g/mol. The number of carbonyl (C=O) groups is 3. The van der Waals surface area contributed by atoms with Crippen LogP contribution in [0.5, 0.6) is 0 Å². The fourth-order valence-electron chi connectivity index (χ4n) is 1.47. The molecule has 0 aliphatic carbocycles. The van der Waals surface area contributed by atoms with Crippen LogP contribution in [0.15, 0.2) is 0 Å². The number of hydrogen-bond donors (Lipinski definition) is 1. The monoisotopic (exact) mass is 199 g/mol. The van der Waals surface area contributed by atoms with Gasteiger partial charge in [0.25, 0.3) is 0 Å². The molecule has 1 rings (SSSR count). The highest BCUT2D eigenvalue weighted by Crippen LogP contribution is 2.35. The van der Waals surface area contributed by atoms with E-state index in [2.05, 4.69) is 0 Å². The van der Waals surface area contributed by atoms with Gasteiger partial charge in [-0.05, 0) is 13.8 Å². The van der Waals surface area contributed by atoms with Gasteiger partial charge in [0.1, 0.15) is 0 Å². The van der Waals surface area contributed by atoms with E-state index < -0.39 is 23.2 Å². The lowest BCUT2D eigenvalue weighted by molar-refractivity contribution is -0.154. The van der Waals surface area contributed by atoms with Crippen molar-refractivity contribution < 1.29 is 19.5 Å². The molecule has 0 spiro atoms. The highest BCUT2D eigenvalue weighted by atomic mass is 16.4. The van der Waals surface area contributed by atoms with Crippen LogP contribution in [0.1, 0.15) is 20.3 Å². The van der Waals surface area contributed by atoms with Crippen LogP contribution >= 0.6 is 0 Å². The molecule has 78 valence electrons. The summed E-state index contributed by atoms with van der Waals surface area (Å²) in [5.41, 5.74) is -1.18. The van der Waals surface area contributed by atoms with Gasteiger partial charge in [0.15, 0.2) is 0 Å². The molecule has 1 N–H and O–H groups in total. The lowest BCUT2D eigenvalue weighted by atomic mass is 9.78. The van der Waals surface area contributed by atoms with E-state index >= 15 is 0 Å². The summed E-state index contributed by atoms with van der Waals surface area (Å²) >= 11 is 0. The molecule has 1 aliphatic rings. The number of likely N-dealkylation sites (tertiary alicyclic amines) is 1. The molecule has 0 bridgehead atoms. The lowest BCUT2D eigenvalue weighted by Gasteiger charge is -2.24. The molecular formula is C9H13NO4. The van der Waals surface area contributed by atoms with Crippen molar-refractivity contribution in [2.75, 3.05) is 7.05 Å². The number of rotatable bonds is 2. The first-order chi connectivity index (χ1) is 6.28. The van der Waals surface area contributed by atoms with E-state index in [0.29, 0.717) is 0 Å². The SMILES string of the molecule is CN1C(=O)C[C@H](C(C)(C)C(=O)O)C1=O. The molecule has 0 saturated carbocycles. The minimum absolute atomic E-state index is 0.00532. The van der Waals surface area contributed by atoms with Gasteiger partial charge in [0.2, 0.25) is 11.8 Å². The van der Waals surface area contributed by atoms with E-state index in [-0.39, 0.29) is 12.3 Å². The van der Waals surface area contributed by atoms with Crippen molar-refractivity contribution in [3.63, 3.8) is 0 Å². The third kappa shape index (κ3) is 1.38. The zero-order chi connectivity index (χ0) is 11.1. The Morgan fingerprint density at radius 2 is 2.00 bits per heavy atom. The topological polar surface area (TPSA) is 74.7 Å². The van der Waals surface area contributed by atoms with Crippen molar-refractivity contribution in [3.8, 4) is 0 Å². The van der Waals surface area contributed by atoms with Gasteiger partial charge in [0, 0.05) is 13.5 Å². The van der Waals surface area contributed by atoms with Crippen LogP contribution in [0.4, 0.5) is 0 Å². The normalized spacial score (nSPS) is 23.1. The van der Waals surface area contributed by atoms with Crippen molar-refractivity contribution in [2.45, 2.75) is 20.3 Å². The molecule has 0 unspecified atom stereocenters. The smallest absolute Gasteiger partial charge is 0.309 e. The van der Waals surface area contributed by atoms with E-state index in [4.69, 9.17) is 5.11 Å². The van der Waals surface area contributed by atoms with Crippen molar-refractivity contribution >= 4 is 17.8 Å². The maximum absolute atomic E-state index is 11.5. The molecule has 14 heavy (non-hydrogen) atoms. The quantitative estimate of drug-likeness (QED) is 0.640. The van der Waals surface area contributed by atoms with E-state index in [9.17, 15) is 14.4 Å². The number of imide groups is 1. The van der Waals surface area contributed by atoms with Gasteiger partial charge in [-0.1, -0.05) is 0 Å². The van der Waals surface area contributed by atoms with E-state index in [0.717, 1.165) is 4.90 Å². The summed E-state index contributed by atoms with van der Waals surface area (Å²) < 4.78 is 0. The molecule has 2 amide bonds. The highest BCUT2D eigenvalue weighted by Gasteiger charge is 2.48. The van der Waals surface area contributed by atoms with E-state index in [1.807, 2.05) is 0 Å². The summed E-state index contributed by atoms with van der Waals surface area (Å²) in [5, 5.41) is 8.91. The molecule has 0 aromatic carbocycles. The predicted molar refractivity (Wildman–Crippen MR) is 47.3 cm³/mol. The third-order valence-electron chi connectivity index (χ3n) is 2.80. The Balaban J connectivity index is 2.97. The Morgan fingerprint density at radius 3 is 2.29 bits per heavy atom. The lowest BCUT2D eigenvalue weighted by Crippen LogP contribution is -2.37. The second-order valence-corrected chi connectivity index (χ2v) is 4.07. The predicted octanol–water partition coefficient (Wildman–Crippen LogP) is 0.102. The number of amides is 2. The standard InChI is InChI=1S/C9H13NO4/c1-9(2,8(13)14)5-4-6(11)10(3)7(5)12/h5H,4H2,1-3H3,(H,13,14)/t5-/m0/s1. The Kier molecular flexibility index (Phi) is 2.35. The first kappa shape index (κ1) is 10.7. The average Bonchev–Trinajstić information content (AvgIpc) is 2.33. The second-order valence-electron chi connectivity index (χ2n) is 4.07. The maximum atomic E-state index is 11.5. The first-order valence-electron chi connectivity index (χ1n) is 4.32. The molecule has 5 heteroatoms. The van der Waals surface area contributed by atoms with Crippen LogP contribution in [-0.2, 0) is 14.4 Å². The molecule has 1 fully saturated rings. The molecule has 1 saturated heterocycles. The number of carbonyl (C=O) groups excluding carboxylic acids is 2. The van der Waals surface area contributed by atoms with Gasteiger partial charge in [-0.15, -0.1) is 0 Å². The summed E-state index contributed by atoms with van der Waals surface area (Å²) in [6.07, 6.45) is -0.00532. The summed E-state index contributed by atoms with van der Waals surface area (Å²) in [4.78, 5) is 34.6. The Morgan fingerprint density at radius 1 is 1.50 bits per heavy atom. The fourth-order valence-corrected chi connectivity index (χ4v) is 1.47. The van der Waals surface area contributed by atoms with Crippen molar-refractivity contribution in [3.05, 3.63) is 0 Å². The third-order valence-corrected chi connectivity index (χ3v) is 2.80. The Bertz CT molecular complexity index is 308. The molecule has 1 heterocycles. The van der Waals surface area contributed by atoms with Crippen LogP contribution in [-0.4, -0.2) is 34.8 Å². The van der Waals surface area contributed by atoms with Crippen LogP contribution in [0.2, 0.25) is 0 Å². The van der Waals surface area contributed by atoms with Gasteiger partial charge in [-0.3, -0.25) is 19.3 Å². The molecule has 0 radical (unpaired) electrons. The summed E-state index contributed by atoms with van der Waals surface area (Å²) in [6, 6.07) is 0. The van der Waals surface area contributed by atoms with Crippen LogP contribution in [0.3, 0.4) is 0 Å². The number of hydrogen-bond acceptors (Lipinski definition) is 3. The highest BCUT2D eigenvalue weighted by molar-refractivity contribution is 6.05. The number of aliphatic carboxylic acids is 1. The number of nitrogens with zero attached hydrogens (tertiary/aromatic N) is 1. The van der Waals surface area contributed by atoms with E-state index in [1.54, 1.807) is 0 Å². The zero-order valence-electron chi connectivity index (χ0n) is 8.40. The van der Waals surface area contributed by atoms with Crippen LogP contribution < -0.4 is 0 Å². The minimum atomic E-state index is -1.18. The summed E-state index contributed by atoms with van der Waals surface area (Å²) in [6.45, 7) is 2.93. The molecule has 1 atom stereocenters. The van der Waals surface area contributed by atoms with Gasteiger partial charge in [-0.2, -0.15) is 0 Å². The summed E-state index contributed by atoms with van der Waals surface area (Å²) in [5.74, 6) is -2.51.